The summed E-state index contributed by atoms with van der Waals surface area (Å²) >= 11 is 0. The molecular weight excluding hydrogens is 204 g/mol. The van der Waals surface area contributed by atoms with Crippen LogP contribution >= 0.6 is 0 Å². The lowest BCUT2D eigenvalue weighted by Gasteiger charge is -1.94. The molecule has 0 saturated carbocycles. The Balaban J connectivity index is 2.87. The summed E-state index contributed by atoms with van der Waals surface area (Å²) in [6.45, 7) is 0. The molecule has 2 aromatic rings. The van der Waals surface area contributed by atoms with Gasteiger partial charge < -0.3 is 4.98 Å². The molecule has 1 aromatic heterocycles. The first-order valence-electron chi connectivity index (χ1n) is 3.86. The molecule has 15 heavy (non-hydrogen) atoms. The minimum atomic E-state index is -0.804. The van der Waals surface area contributed by atoms with E-state index in [0.29, 0.717) is 5.52 Å². The van der Waals surface area contributed by atoms with E-state index in [1.54, 1.807) is 0 Å². The molecule has 0 atom stereocenters. The van der Waals surface area contributed by atoms with Crippen LogP contribution in [0.15, 0.2) is 18.5 Å². The van der Waals surface area contributed by atoms with Crippen molar-refractivity contribution in [3.8, 4) is 0 Å². The van der Waals surface area contributed by atoms with Crippen molar-refractivity contribution in [3.05, 3.63) is 38.7 Å². The second-order valence-corrected chi connectivity index (χ2v) is 2.75. The van der Waals surface area contributed by atoms with E-state index < -0.39 is 21.2 Å². The van der Waals surface area contributed by atoms with Crippen molar-refractivity contribution in [2.75, 3.05) is 0 Å². The molecule has 0 spiro atoms. The summed E-state index contributed by atoms with van der Waals surface area (Å²) in [6, 6.07) is 2.46. The number of nitro groups is 2. The number of aromatic amines is 1. The minimum Gasteiger partial charge on any atom is -0.344 e. The summed E-state index contributed by atoms with van der Waals surface area (Å²) in [7, 11) is 0. The molecule has 76 valence electrons. The highest BCUT2D eigenvalue weighted by molar-refractivity contribution is 5.89. The van der Waals surface area contributed by atoms with Crippen LogP contribution in [0.1, 0.15) is 0 Å². The van der Waals surface area contributed by atoms with Gasteiger partial charge in [0.15, 0.2) is 5.52 Å². The maximum absolute atomic E-state index is 10.7. The summed E-state index contributed by atoms with van der Waals surface area (Å²) < 4.78 is 0. The van der Waals surface area contributed by atoms with Crippen molar-refractivity contribution in [1.29, 1.82) is 0 Å². The Morgan fingerprint density at radius 1 is 1.20 bits per heavy atom. The Labute approximate surface area is 81.8 Å². The lowest BCUT2D eigenvalue weighted by molar-refractivity contribution is -0.421. The van der Waals surface area contributed by atoms with E-state index in [2.05, 4.69) is 9.97 Å². The van der Waals surface area contributed by atoms with Crippen LogP contribution in [0.4, 0.5) is 11.4 Å². The molecule has 8 heteroatoms. The second kappa shape index (κ2) is 3.01. The van der Waals surface area contributed by atoms with Gasteiger partial charge >= 0.3 is 11.4 Å². The summed E-state index contributed by atoms with van der Waals surface area (Å²) in [4.78, 5) is 26.0. The van der Waals surface area contributed by atoms with Crippen LogP contribution in [0.25, 0.3) is 11.0 Å². The van der Waals surface area contributed by atoms with Crippen LogP contribution in [-0.4, -0.2) is 19.8 Å². The SMILES string of the molecule is O=[N+]([O-])c1ccc2[nH]cnc2c1[N+](=O)[O-]. The van der Waals surface area contributed by atoms with Crippen LogP contribution in [0, 0.1) is 20.2 Å². The molecule has 0 aliphatic carbocycles. The number of nitrogens with one attached hydrogen (secondary N) is 1. The van der Waals surface area contributed by atoms with Crippen molar-refractivity contribution in [1.82, 2.24) is 9.97 Å². The van der Waals surface area contributed by atoms with E-state index in [9.17, 15) is 20.2 Å². The summed E-state index contributed by atoms with van der Waals surface area (Å²) in [5, 5.41) is 21.2. The van der Waals surface area contributed by atoms with Crippen molar-refractivity contribution < 1.29 is 9.85 Å². The van der Waals surface area contributed by atoms with Gasteiger partial charge in [0.05, 0.1) is 21.7 Å². The van der Waals surface area contributed by atoms with Crippen molar-refractivity contribution in [2.45, 2.75) is 0 Å². The van der Waals surface area contributed by atoms with Crippen molar-refractivity contribution >= 4 is 22.4 Å². The van der Waals surface area contributed by atoms with Gasteiger partial charge in [0.25, 0.3) is 0 Å². The Kier molecular flexibility index (Phi) is 1.82. The number of fused-ring (bicyclic) bond motifs is 1. The number of aromatic nitrogens is 2. The normalized spacial score (nSPS) is 10.4. The third-order valence-corrected chi connectivity index (χ3v) is 1.92. The monoisotopic (exact) mass is 208 g/mol. The fourth-order valence-corrected chi connectivity index (χ4v) is 1.31. The molecule has 0 unspecified atom stereocenters. The maximum Gasteiger partial charge on any atom is 0.373 e. The molecule has 0 bridgehead atoms. The molecule has 0 aliphatic rings. The van der Waals surface area contributed by atoms with E-state index in [1.165, 1.54) is 12.4 Å². The highest BCUT2D eigenvalue weighted by atomic mass is 16.6. The zero-order chi connectivity index (χ0) is 11.0. The Morgan fingerprint density at radius 2 is 1.93 bits per heavy atom. The van der Waals surface area contributed by atoms with Gasteiger partial charge in [-0.1, -0.05) is 0 Å². The zero-order valence-corrected chi connectivity index (χ0v) is 7.21. The van der Waals surface area contributed by atoms with Crippen molar-refractivity contribution in [2.24, 2.45) is 0 Å². The number of H-pyrrole nitrogens is 1. The fraction of sp³-hybridized carbons (Fsp3) is 0. The average Bonchev–Trinajstić information content (AvgIpc) is 2.62. The van der Waals surface area contributed by atoms with Crippen molar-refractivity contribution in [3.63, 3.8) is 0 Å². The molecular formula is C7H4N4O4. The number of imidazole rings is 1. The molecule has 0 fully saturated rings. The smallest absolute Gasteiger partial charge is 0.344 e. The third-order valence-electron chi connectivity index (χ3n) is 1.92. The molecule has 1 N–H and O–H groups in total. The first kappa shape index (κ1) is 9.06. The van der Waals surface area contributed by atoms with E-state index in [0.717, 1.165) is 6.07 Å². The molecule has 2 rings (SSSR count). The van der Waals surface area contributed by atoms with Gasteiger partial charge in [-0.05, 0) is 6.07 Å². The van der Waals surface area contributed by atoms with E-state index in [1.807, 2.05) is 0 Å². The summed E-state index contributed by atoms with van der Waals surface area (Å²) in [5.74, 6) is 0. The largest absolute Gasteiger partial charge is 0.373 e. The Hall–Kier alpha value is -2.51. The fourth-order valence-electron chi connectivity index (χ4n) is 1.31. The highest BCUT2D eigenvalue weighted by Gasteiger charge is 2.28. The second-order valence-electron chi connectivity index (χ2n) is 2.75. The molecule has 1 aromatic carbocycles. The first-order chi connectivity index (χ1) is 7.11. The first-order valence-corrected chi connectivity index (χ1v) is 3.86. The highest BCUT2D eigenvalue weighted by Crippen LogP contribution is 2.32. The summed E-state index contributed by atoms with van der Waals surface area (Å²) in [5.41, 5.74) is -0.750. The average molecular weight is 208 g/mol. The quantitative estimate of drug-likeness (QED) is 0.591. The van der Waals surface area contributed by atoms with Crippen LogP contribution in [0.5, 0.6) is 0 Å². The van der Waals surface area contributed by atoms with E-state index >= 15 is 0 Å². The van der Waals surface area contributed by atoms with Crippen LogP contribution in [-0.2, 0) is 0 Å². The molecule has 0 aliphatic heterocycles. The molecule has 8 nitrogen and oxygen atoms in total. The van der Waals surface area contributed by atoms with Gasteiger partial charge in [0.1, 0.15) is 0 Å². The van der Waals surface area contributed by atoms with Gasteiger partial charge in [0, 0.05) is 6.07 Å². The van der Waals surface area contributed by atoms with Crippen LogP contribution < -0.4 is 0 Å². The lowest BCUT2D eigenvalue weighted by Crippen LogP contribution is -1.97. The summed E-state index contributed by atoms with van der Waals surface area (Å²) in [6.07, 6.45) is 1.25. The lowest BCUT2D eigenvalue weighted by atomic mass is 10.2. The zero-order valence-electron chi connectivity index (χ0n) is 7.21. The van der Waals surface area contributed by atoms with Gasteiger partial charge in [0.2, 0.25) is 0 Å². The molecule has 0 saturated heterocycles. The van der Waals surface area contributed by atoms with E-state index in [-0.39, 0.29) is 5.52 Å². The number of nitrogens with zero attached hydrogens (tertiary/aromatic N) is 3. The maximum atomic E-state index is 10.7. The Morgan fingerprint density at radius 3 is 2.53 bits per heavy atom. The van der Waals surface area contributed by atoms with Crippen LogP contribution in [0.2, 0.25) is 0 Å². The number of hydrogen-bond donors (Lipinski definition) is 1. The minimum absolute atomic E-state index is 0.00537. The number of rotatable bonds is 2. The van der Waals surface area contributed by atoms with Gasteiger partial charge in [-0.2, -0.15) is 0 Å². The third kappa shape index (κ3) is 1.27. The number of nitro benzene ring substituents is 2. The standard InChI is InChI=1S/C7H4N4O4/c12-10(13)5-2-1-4-6(9-3-8-4)7(5)11(14)15/h1-3H,(H,8,9). The molecule has 1 heterocycles. The van der Waals surface area contributed by atoms with E-state index in [4.69, 9.17) is 0 Å². The predicted octanol–water partition coefficient (Wildman–Crippen LogP) is 1.38. The van der Waals surface area contributed by atoms with Gasteiger partial charge in [-0.3, -0.25) is 20.2 Å². The molecule has 0 radical (unpaired) electrons. The van der Waals surface area contributed by atoms with Gasteiger partial charge in [-0.25, -0.2) is 4.98 Å². The molecule has 0 amide bonds. The van der Waals surface area contributed by atoms with Crippen LogP contribution in [0.3, 0.4) is 0 Å². The topological polar surface area (TPSA) is 115 Å². The Bertz CT molecular complexity index is 561. The van der Waals surface area contributed by atoms with Gasteiger partial charge in [-0.15, -0.1) is 0 Å². The number of benzene rings is 1. The number of hydrogen-bond acceptors (Lipinski definition) is 5. The predicted molar refractivity (Wildman–Crippen MR) is 49.4 cm³/mol.